The largest absolute Gasteiger partial charge is 0.478 e. The predicted octanol–water partition coefficient (Wildman–Crippen LogP) is 5.06. The highest BCUT2D eigenvalue weighted by atomic mass is 127. The van der Waals surface area contributed by atoms with E-state index in [4.69, 9.17) is 9.52 Å². The van der Waals surface area contributed by atoms with Crippen LogP contribution in [0.1, 0.15) is 23.0 Å². The van der Waals surface area contributed by atoms with Gasteiger partial charge >= 0.3 is 5.97 Å². The van der Waals surface area contributed by atoms with Gasteiger partial charge in [-0.3, -0.25) is 4.79 Å². The number of hydrazone groups is 1. The average Bonchev–Trinajstić information content (AvgIpc) is 3.28. The van der Waals surface area contributed by atoms with Crippen LogP contribution in [-0.2, 0) is 4.79 Å². The summed E-state index contributed by atoms with van der Waals surface area (Å²) in [5, 5.41) is 14.7. The van der Waals surface area contributed by atoms with E-state index in [0.717, 1.165) is 9.13 Å². The van der Waals surface area contributed by atoms with Crippen LogP contribution in [0.5, 0.6) is 0 Å². The molecule has 0 saturated heterocycles. The first-order chi connectivity index (χ1) is 13.9. The highest BCUT2D eigenvalue weighted by Gasteiger charge is 2.29. The monoisotopic (exact) mass is 498 g/mol. The molecule has 0 saturated carbocycles. The van der Waals surface area contributed by atoms with Gasteiger partial charge in [0, 0.05) is 9.13 Å². The third kappa shape index (κ3) is 3.73. The number of aromatic carboxylic acids is 1. The summed E-state index contributed by atoms with van der Waals surface area (Å²) >= 11 is 2.25. The first-order valence-corrected chi connectivity index (χ1v) is 9.82. The zero-order valence-electron chi connectivity index (χ0n) is 15.3. The number of hydrogen-bond donors (Lipinski definition) is 1. The van der Waals surface area contributed by atoms with E-state index in [1.165, 1.54) is 17.1 Å². The molecule has 2 heterocycles. The van der Waals surface area contributed by atoms with E-state index in [9.17, 15) is 9.59 Å². The fraction of sp³-hybridized carbons (Fsp3) is 0.0455. The number of halogens is 1. The van der Waals surface area contributed by atoms with Crippen LogP contribution in [0.2, 0.25) is 0 Å². The number of nitrogens with zero attached hydrogens (tertiary/aromatic N) is 2. The van der Waals surface area contributed by atoms with Crippen molar-refractivity contribution in [2.24, 2.45) is 5.10 Å². The number of rotatable bonds is 4. The lowest BCUT2D eigenvalue weighted by Gasteiger charge is -2.12. The smallest absolute Gasteiger partial charge is 0.335 e. The molecule has 144 valence electrons. The van der Waals surface area contributed by atoms with Gasteiger partial charge in [-0.05, 0) is 72.0 Å². The molecule has 0 aliphatic carbocycles. The molecule has 4 rings (SSSR count). The third-order valence-electron chi connectivity index (χ3n) is 4.45. The van der Waals surface area contributed by atoms with Gasteiger partial charge < -0.3 is 9.52 Å². The molecule has 0 fully saturated rings. The van der Waals surface area contributed by atoms with Gasteiger partial charge in [0.05, 0.1) is 22.5 Å². The van der Waals surface area contributed by atoms with Crippen molar-refractivity contribution in [3.63, 3.8) is 0 Å². The second kappa shape index (κ2) is 7.67. The lowest BCUT2D eigenvalue weighted by atomic mass is 10.1. The van der Waals surface area contributed by atoms with Gasteiger partial charge in [0.25, 0.3) is 5.91 Å². The summed E-state index contributed by atoms with van der Waals surface area (Å²) in [6.07, 6.45) is 1.65. The highest BCUT2D eigenvalue weighted by Crippen LogP contribution is 2.29. The van der Waals surface area contributed by atoms with Crippen molar-refractivity contribution in [3.8, 4) is 11.3 Å². The van der Waals surface area contributed by atoms with Crippen LogP contribution in [0.25, 0.3) is 17.4 Å². The predicted molar refractivity (Wildman–Crippen MR) is 119 cm³/mol. The topological polar surface area (TPSA) is 83.1 Å². The normalized spacial score (nSPS) is 15.1. The maximum atomic E-state index is 12.9. The Hall–Kier alpha value is -3.20. The Bertz CT molecular complexity index is 1190. The van der Waals surface area contributed by atoms with E-state index >= 15 is 0 Å². The summed E-state index contributed by atoms with van der Waals surface area (Å²) in [7, 11) is 0. The molecule has 1 aliphatic rings. The number of furan rings is 1. The fourth-order valence-electron chi connectivity index (χ4n) is 3.01. The number of amides is 1. The van der Waals surface area contributed by atoms with Crippen LogP contribution in [-0.4, -0.2) is 22.7 Å². The Morgan fingerprint density at radius 2 is 1.93 bits per heavy atom. The van der Waals surface area contributed by atoms with Gasteiger partial charge in [0.1, 0.15) is 11.5 Å². The molecule has 7 heteroatoms. The molecule has 2 aromatic carbocycles. The maximum Gasteiger partial charge on any atom is 0.335 e. The Morgan fingerprint density at radius 1 is 1.14 bits per heavy atom. The number of carbonyl (C=O) groups is 2. The van der Waals surface area contributed by atoms with Crippen molar-refractivity contribution in [1.82, 2.24) is 0 Å². The zero-order chi connectivity index (χ0) is 20.5. The van der Waals surface area contributed by atoms with Crippen molar-refractivity contribution in [3.05, 3.63) is 81.1 Å². The summed E-state index contributed by atoms with van der Waals surface area (Å²) in [5.41, 5.74) is 2.40. The van der Waals surface area contributed by atoms with E-state index in [2.05, 4.69) is 27.7 Å². The van der Waals surface area contributed by atoms with Gasteiger partial charge in [0.15, 0.2) is 0 Å². The first-order valence-electron chi connectivity index (χ1n) is 8.74. The molecule has 6 nitrogen and oxygen atoms in total. The zero-order valence-corrected chi connectivity index (χ0v) is 17.5. The molecule has 1 aromatic heterocycles. The van der Waals surface area contributed by atoms with E-state index in [0.29, 0.717) is 28.5 Å². The number of carbonyl (C=O) groups excluding carboxylic acids is 1. The average molecular weight is 498 g/mol. The second-order valence-corrected chi connectivity index (χ2v) is 7.56. The molecule has 1 amide bonds. The van der Waals surface area contributed by atoms with Crippen molar-refractivity contribution < 1.29 is 19.1 Å². The summed E-state index contributed by atoms with van der Waals surface area (Å²) in [5.74, 6) is -0.141. The quantitative estimate of drug-likeness (QED) is 0.403. The lowest BCUT2D eigenvalue weighted by molar-refractivity contribution is -0.114. The highest BCUT2D eigenvalue weighted by molar-refractivity contribution is 14.1. The molecule has 0 bridgehead atoms. The molecule has 0 unspecified atom stereocenters. The second-order valence-electron chi connectivity index (χ2n) is 6.40. The molecule has 0 atom stereocenters. The molecule has 0 spiro atoms. The number of carboxylic acids is 1. The molecule has 3 aromatic rings. The van der Waals surface area contributed by atoms with Gasteiger partial charge in [-0.2, -0.15) is 10.1 Å². The number of hydrogen-bond acceptors (Lipinski definition) is 4. The minimum atomic E-state index is -1.06. The number of carboxylic acid groups (broad SMARTS) is 1. The van der Waals surface area contributed by atoms with Crippen LogP contribution in [0, 0.1) is 3.57 Å². The third-order valence-corrected chi connectivity index (χ3v) is 5.39. The van der Waals surface area contributed by atoms with Gasteiger partial charge in [-0.1, -0.05) is 24.3 Å². The fourth-order valence-corrected chi connectivity index (χ4v) is 3.66. The van der Waals surface area contributed by atoms with Crippen molar-refractivity contribution in [2.45, 2.75) is 6.92 Å². The molecule has 0 radical (unpaired) electrons. The molecule has 1 N–H and O–H groups in total. The minimum absolute atomic E-state index is 0.0914. The lowest BCUT2D eigenvalue weighted by Crippen LogP contribution is -2.21. The Balaban J connectivity index is 1.64. The molecule has 1 aliphatic heterocycles. The van der Waals surface area contributed by atoms with Crippen LogP contribution in [0.15, 0.2) is 75.8 Å². The van der Waals surface area contributed by atoms with Crippen LogP contribution >= 0.6 is 22.6 Å². The number of benzene rings is 2. The van der Waals surface area contributed by atoms with Crippen molar-refractivity contribution in [2.75, 3.05) is 5.01 Å². The van der Waals surface area contributed by atoms with Crippen molar-refractivity contribution >= 4 is 51.9 Å². The Morgan fingerprint density at radius 3 is 2.69 bits per heavy atom. The van der Waals surface area contributed by atoms with E-state index in [1.54, 1.807) is 31.2 Å². The summed E-state index contributed by atoms with van der Waals surface area (Å²) in [6, 6.07) is 17.7. The van der Waals surface area contributed by atoms with E-state index < -0.39 is 5.97 Å². The SMILES string of the molecule is CC1=NN(c2cccc(C(=O)O)c2)C(=O)/C1=C/c1ccc(-c2ccccc2I)o1. The van der Waals surface area contributed by atoms with Crippen molar-refractivity contribution in [1.29, 1.82) is 0 Å². The van der Waals surface area contributed by atoms with Gasteiger partial charge in [-0.25, -0.2) is 4.79 Å². The van der Waals surface area contributed by atoms with Crippen LogP contribution in [0.3, 0.4) is 0 Å². The summed E-state index contributed by atoms with van der Waals surface area (Å²) < 4.78 is 6.98. The molecular formula is C22H15IN2O4. The van der Waals surface area contributed by atoms with Gasteiger partial charge in [0.2, 0.25) is 0 Å². The van der Waals surface area contributed by atoms with E-state index in [1.807, 2.05) is 30.3 Å². The summed E-state index contributed by atoms with van der Waals surface area (Å²) in [6.45, 7) is 1.73. The Kier molecular flexibility index (Phi) is 5.06. The minimum Gasteiger partial charge on any atom is -0.478 e. The standard InChI is InChI=1S/C22H15IN2O4/c1-13-18(12-16-9-10-20(29-16)17-7-2-3-8-19(17)23)21(26)25(24-13)15-6-4-5-14(11-15)22(27)28/h2-12H,1H3,(H,27,28)/b18-12+. The first kappa shape index (κ1) is 19.1. The van der Waals surface area contributed by atoms with Crippen LogP contribution < -0.4 is 5.01 Å². The van der Waals surface area contributed by atoms with Gasteiger partial charge in [-0.15, -0.1) is 0 Å². The maximum absolute atomic E-state index is 12.9. The summed E-state index contributed by atoms with van der Waals surface area (Å²) in [4.78, 5) is 24.1. The molecular weight excluding hydrogens is 483 g/mol. The Labute approximate surface area is 180 Å². The van der Waals surface area contributed by atoms with E-state index in [-0.39, 0.29) is 11.5 Å². The molecule has 29 heavy (non-hydrogen) atoms. The number of anilines is 1. The van der Waals surface area contributed by atoms with Crippen LogP contribution in [0.4, 0.5) is 5.69 Å².